The number of rotatable bonds is 4. The van der Waals surface area contributed by atoms with E-state index in [2.05, 4.69) is 10.3 Å². The summed E-state index contributed by atoms with van der Waals surface area (Å²) in [5.74, 6) is -1.26. The lowest BCUT2D eigenvalue weighted by molar-refractivity contribution is -0.139. The molecule has 1 aromatic heterocycles. The molecule has 0 saturated heterocycles. The van der Waals surface area contributed by atoms with Crippen molar-refractivity contribution < 1.29 is 26.4 Å². The Hall–Kier alpha value is -2.63. The predicted molar refractivity (Wildman–Crippen MR) is 97.5 cm³/mol. The Bertz CT molecular complexity index is 1180. The maximum Gasteiger partial charge on any atom is 0.417 e. The number of sulfonamides is 1. The van der Waals surface area contributed by atoms with Gasteiger partial charge in [0.05, 0.1) is 22.3 Å². The zero-order valence-corrected chi connectivity index (χ0v) is 16.3. The molecule has 0 bridgehead atoms. The van der Waals surface area contributed by atoms with Crippen molar-refractivity contribution in [1.29, 1.82) is 0 Å². The Morgan fingerprint density at radius 2 is 1.69 bits per heavy atom. The summed E-state index contributed by atoms with van der Waals surface area (Å²) >= 11 is 11.8. The zero-order chi connectivity index (χ0) is 21.4. The van der Waals surface area contributed by atoms with Crippen LogP contribution in [0.25, 0.3) is 5.69 Å². The molecular weight excluding hydrogens is 456 g/mol. The number of halogens is 5. The third-order valence-electron chi connectivity index (χ3n) is 3.55. The van der Waals surface area contributed by atoms with Crippen LogP contribution in [0.5, 0.6) is 0 Å². The molecule has 0 saturated carbocycles. The second kappa shape index (κ2) is 7.65. The van der Waals surface area contributed by atoms with Crippen molar-refractivity contribution in [2.75, 3.05) is 0 Å². The number of carbonyl (C=O) groups is 1. The first-order chi connectivity index (χ1) is 13.5. The molecule has 13 heteroatoms. The summed E-state index contributed by atoms with van der Waals surface area (Å²) in [5, 5.41) is 7.75. The van der Waals surface area contributed by atoms with Gasteiger partial charge in [-0.15, -0.1) is 5.10 Å². The van der Waals surface area contributed by atoms with Crippen molar-refractivity contribution in [2.45, 2.75) is 11.1 Å². The van der Waals surface area contributed by atoms with Crippen molar-refractivity contribution in [3.05, 3.63) is 70.0 Å². The number of amides is 1. The van der Waals surface area contributed by atoms with Gasteiger partial charge in [0.15, 0.2) is 5.69 Å². The fraction of sp³-hybridized carbons (Fsp3) is 0.0625. The van der Waals surface area contributed by atoms with E-state index in [1.165, 1.54) is 18.2 Å². The third kappa shape index (κ3) is 4.69. The van der Waals surface area contributed by atoms with Crippen molar-refractivity contribution in [1.82, 2.24) is 19.7 Å². The molecule has 0 spiro atoms. The maximum atomic E-state index is 13.1. The summed E-state index contributed by atoms with van der Waals surface area (Å²) in [5.41, 5.74) is -1.52. The minimum absolute atomic E-state index is 0.278. The Morgan fingerprint density at radius 1 is 1.07 bits per heavy atom. The highest BCUT2D eigenvalue weighted by molar-refractivity contribution is 7.90. The van der Waals surface area contributed by atoms with Gasteiger partial charge in [0.2, 0.25) is 0 Å². The lowest BCUT2D eigenvalue weighted by atomic mass is 10.2. The van der Waals surface area contributed by atoms with Gasteiger partial charge in [0, 0.05) is 10.0 Å². The Labute approximate surface area is 172 Å². The van der Waals surface area contributed by atoms with E-state index < -0.39 is 38.3 Å². The molecule has 0 aliphatic heterocycles. The lowest BCUT2D eigenvalue weighted by Crippen LogP contribution is -2.32. The van der Waals surface area contributed by atoms with Gasteiger partial charge < -0.3 is 0 Å². The number of nitrogens with one attached hydrogen (secondary N) is 1. The van der Waals surface area contributed by atoms with Gasteiger partial charge in [0.1, 0.15) is 0 Å². The van der Waals surface area contributed by atoms with Gasteiger partial charge in [-0.1, -0.05) is 40.5 Å². The van der Waals surface area contributed by atoms with Crippen LogP contribution in [0, 0.1) is 0 Å². The van der Waals surface area contributed by atoms with E-state index in [1.54, 1.807) is 4.72 Å². The van der Waals surface area contributed by atoms with E-state index in [4.69, 9.17) is 23.2 Å². The van der Waals surface area contributed by atoms with Crippen molar-refractivity contribution in [3.63, 3.8) is 0 Å². The van der Waals surface area contributed by atoms with Crippen LogP contribution in [-0.2, 0) is 16.2 Å². The van der Waals surface area contributed by atoms with Crippen molar-refractivity contribution in [2.24, 2.45) is 0 Å². The van der Waals surface area contributed by atoms with Gasteiger partial charge in [0.25, 0.3) is 15.9 Å². The number of aromatic nitrogens is 3. The molecule has 0 unspecified atom stereocenters. The maximum absolute atomic E-state index is 13.1. The molecule has 0 radical (unpaired) electrons. The van der Waals surface area contributed by atoms with Crippen LogP contribution >= 0.6 is 23.2 Å². The van der Waals surface area contributed by atoms with Gasteiger partial charge in [-0.2, -0.15) is 13.2 Å². The first-order valence-corrected chi connectivity index (χ1v) is 9.83. The largest absolute Gasteiger partial charge is 0.417 e. The first-order valence-electron chi connectivity index (χ1n) is 7.59. The normalized spacial score (nSPS) is 12.0. The van der Waals surface area contributed by atoms with E-state index >= 15 is 0 Å². The summed E-state index contributed by atoms with van der Waals surface area (Å²) in [6.07, 6.45) is -3.86. The predicted octanol–water partition coefficient (Wildman–Crippen LogP) is 3.71. The smallest absolute Gasteiger partial charge is 0.266 e. The second-order valence-electron chi connectivity index (χ2n) is 5.60. The van der Waals surface area contributed by atoms with Gasteiger partial charge >= 0.3 is 6.18 Å². The van der Waals surface area contributed by atoms with Crippen LogP contribution < -0.4 is 4.72 Å². The third-order valence-corrected chi connectivity index (χ3v) is 5.37. The lowest BCUT2D eigenvalue weighted by Gasteiger charge is -2.13. The quantitative estimate of drug-likeness (QED) is 0.634. The van der Waals surface area contributed by atoms with Crippen LogP contribution in [0.2, 0.25) is 10.0 Å². The molecule has 7 nitrogen and oxygen atoms in total. The number of hydrogen-bond donors (Lipinski definition) is 1. The minimum atomic E-state index is -4.93. The van der Waals surface area contributed by atoms with E-state index in [0.717, 1.165) is 29.1 Å². The molecule has 3 rings (SSSR count). The Kier molecular flexibility index (Phi) is 5.57. The summed E-state index contributed by atoms with van der Waals surface area (Å²) in [7, 11) is -4.83. The van der Waals surface area contributed by atoms with Crippen LogP contribution in [0.1, 0.15) is 16.1 Å². The highest BCUT2D eigenvalue weighted by Crippen LogP contribution is 2.33. The summed E-state index contributed by atoms with van der Waals surface area (Å²) in [6, 6.07) is 7.85. The Balaban J connectivity index is 1.89. The topological polar surface area (TPSA) is 94.0 Å². The fourth-order valence-electron chi connectivity index (χ4n) is 2.33. The molecule has 0 aliphatic rings. The molecule has 1 N–H and O–H groups in total. The van der Waals surface area contributed by atoms with Crippen molar-refractivity contribution in [3.8, 4) is 5.69 Å². The average molecular weight is 465 g/mol. The molecular formula is C16H9Cl2F3N4O3S. The van der Waals surface area contributed by atoms with E-state index in [9.17, 15) is 26.4 Å². The fourth-order valence-corrected chi connectivity index (χ4v) is 4.03. The van der Waals surface area contributed by atoms with Crippen LogP contribution in [-0.4, -0.2) is 29.3 Å². The van der Waals surface area contributed by atoms with Crippen molar-refractivity contribution >= 4 is 39.1 Å². The van der Waals surface area contributed by atoms with E-state index in [-0.39, 0.29) is 10.0 Å². The van der Waals surface area contributed by atoms with Crippen LogP contribution in [0.3, 0.4) is 0 Å². The van der Waals surface area contributed by atoms with Gasteiger partial charge in [-0.3, -0.25) is 4.79 Å². The molecule has 29 heavy (non-hydrogen) atoms. The minimum Gasteiger partial charge on any atom is -0.266 e. The first kappa shape index (κ1) is 21.1. The molecule has 152 valence electrons. The summed E-state index contributed by atoms with van der Waals surface area (Å²) in [4.78, 5) is 11.1. The number of carbonyl (C=O) groups excluding carboxylic acids is 1. The highest BCUT2D eigenvalue weighted by atomic mass is 35.5. The molecule has 2 aromatic carbocycles. The van der Waals surface area contributed by atoms with E-state index in [1.807, 2.05) is 0 Å². The molecule has 3 aromatic rings. The number of alkyl halides is 3. The Morgan fingerprint density at radius 3 is 2.31 bits per heavy atom. The van der Waals surface area contributed by atoms with E-state index in [0.29, 0.717) is 11.8 Å². The molecule has 1 heterocycles. The number of nitrogens with zero attached hydrogens (tertiary/aromatic N) is 3. The SMILES string of the molecule is O=C(NS(=O)(=O)c1ccccc1C(F)(F)F)c1cn(-c2cc(Cl)cc(Cl)c2)nn1. The monoisotopic (exact) mass is 464 g/mol. The van der Waals surface area contributed by atoms with Gasteiger partial charge in [-0.05, 0) is 30.3 Å². The number of hydrogen-bond acceptors (Lipinski definition) is 5. The standard InChI is InChI=1S/C16H9Cl2F3N4O3S/c17-9-5-10(18)7-11(6-9)25-8-13(22-24-25)15(26)23-29(27,28)14-4-2-1-3-12(14)16(19,20)21/h1-8H,(H,23,26). The average Bonchev–Trinajstić information content (AvgIpc) is 3.10. The highest BCUT2D eigenvalue weighted by Gasteiger charge is 2.37. The molecule has 0 fully saturated rings. The zero-order valence-electron chi connectivity index (χ0n) is 14.0. The molecule has 0 aliphatic carbocycles. The summed E-state index contributed by atoms with van der Waals surface area (Å²) in [6.45, 7) is 0. The summed E-state index contributed by atoms with van der Waals surface area (Å²) < 4.78 is 66.5. The van der Waals surface area contributed by atoms with Crippen LogP contribution in [0.15, 0.2) is 53.6 Å². The van der Waals surface area contributed by atoms with Gasteiger partial charge in [-0.25, -0.2) is 17.8 Å². The number of benzene rings is 2. The van der Waals surface area contributed by atoms with Crippen LogP contribution in [0.4, 0.5) is 13.2 Å². The molecule has 0 atom stereocenters. The molecule has 1 amide bonds. The second-order valence-corrected chi connectivity index (χ2v) is 8.13.